The van der Waals surface area contributed by atoms with Gasteiger partial charge >= 0.3 is 11.1 Å². The Kier molecular flexibility index (Phi) is 6.30. The van der Waals surface area contributed by atoms with Crippen LogP contribution in [-0.4, -0.2) is 33.1 Å². The predicted octanol–water partition coefficient (Wildman–Crippen LogP) is 0.585. The fourth-order valence-corrected chi connectivity index (χ4v) is 2.79. The molecule has 0 aromatic carbocycles. The SMILES string of the molecule is CCCNC(CSc1nc(=O)c(=O)[nH]n1C)C(C)C. The van der Waals surface area contributed by atoms with E-state index in [1.807, 2.05) is 0 Å². The van der Waals surface area contributed by atoms with E-state index in [0.717, 1.165) is 18.7 Å². The second-order valence-electron chi connectivity index (χ2n) is 4.82. The lowest BCUT2D eigenvalue weighted by molar-refractivity contribution is 0.433. The minimum atomic E-state index is -0.733. The van der Waals surface area contributed by atoms with Crippen molar-refractivity contribution in [1.82, 2.24) is 20.1 Å². The van der Waals surface area contributed by atoms with E-state index >= 15 is 0 Å². The van der Waals surface area contributed by atoms with Crippen molar-refractivity contribution in [3.63, 3.8) is 0 Å². The molecule has 7 heteroatoms. The van der Waals surface area contributed by atoms with Crippen LogP contribution in [-0.2, 0) is 7.05 Å². The summed E-state index contributed by atoms with van der Waals surface area (Å²) in [5.74, 6) is 1.31. The lowest BCUT2D eigenvalue weighted by Crippen LogP contribution is -2.37. The van der Waals surface area contributed by atoms with E-state index in [-0.39, 0.29) is 0 Å². The summed E-state index contributed by atoms with van der Waals surface area (Å²) in [5.41, 5.74) is -1.42. The highest BCUT2D eigenvalue weighted by molar-refractivity contribution is 7.99. The summed E-state index contributed by atoms with van der Waals surface area (Å²) in [4.78, 5) is 26.1. The summed E-state index contributed by atoms with van der Waals surface area (Å²) in [5, 5.41) is 6.46. The van der Waals surface area contributed by atoms with Crippen molar-refractivity contribution in [2.24, 2.45) is 13.0 Å². The zero-order valence-corrected chi connectivity index (χ0v) is 12.7. The Hall–Kier alpha value is -1.08. The lowest BCUT2D eigenvalue weighted by atomic mass is 10.1. The Morgan fingerprint density at radius 2 is 2.11 bits per heavy atom. The fourth-order valence-electron chi connectivity index (χ4n) is 1.57. The van der Waals surface area contributed by atoms with Crippen LogP contribution in [0.1, 0.15) is 27.2 Å². The first-order chi connectivity index (χ1) is 8.95. The number of H-pyrrole nitrogens is 1. The minimum absolute atomic E-state index is 0.355. The molecule has 2 N–H and O–H groups in total. The van der Waals surface area contributed by atoms with Crippen LogP contribution < -0.4 is 16.4 Å². The average Bonchev–Trinajstić information content (AvgIpc) is 2.34. The van der Waals surface area contributed by atoms with Crippen molar-refractivity contribution in [3.05, 3.63) is 20.7 Å². The van der Waals surface area contributed by atoms with Gasteiger partial charge in [0, 0.05) is 18.8 Å². The van der Waals surface area contributed by atoms with Crippen molar-refractivity contribution in [3.8, 4) is 0 Å². The molecule has 0 amide bonds. The first-order valence-electron chi connectivity index (χ1n) is 6.49. The Morgan fingerprint density at radius 1 is 1.42 bits per heavy atom. The molecular formula is C12H22N4O2S. The molecule has 1 heterocycles. The molecular weight excluding hydrogens is 264 g/mol. The van der Waals surface area contributed by atoms with Gasteiger partial charge in [-0.3, -0.25) is 19.4 Å². The second-order valence-corrected chi connectivity index (χ2v) is 5.80. The van der Waals surface area contributed by atoms with Crippen molar-refractivity contribution < 1.29 is 0 Å². The monoisotopic (exact) mass is 286 g/mol. The Labute approximate surface area is 117 Å². The predicted molar refractivity (Wildman–Crippen MR) is 77.7 cm³/mol. The van der Waals surface area contributed by atoms with E-state index in [2.05, 4.69) is 36.2 Å². The molecule has 0 saturated carbocycles. The fraction of sp³-hybridized carbons (Fsp3) is 0.750. The lowest BCUT2D eigenvalue weighted by Gasteiger charge is -2.21. The molecule has 0 fully saturated rings. The zero-order chi connectivity index (χ0) is 14.4. The molecule has 0 spiro atoms. The molecule has 1 aromatic rings. The van der Waals surface area contributed by atoms with E-state index in [1.54, 1.807) is 7.05 Å². The van der Waals surface area contributed by atoms with Gasteiger partial charge < -0.3 is 5.32 Å². The highest BCUT2D eigenvalue weighted by Gasteiger charge is 2.14. The number of aromatic amines is 1. The summed E-state index contributed by atoms with van der Waals surface area (Å²) >= 11 is 1.48. The molecule has 0 saturated heterocycles. The number of hydrogen-bond acceptors (Lipinski definition) is 5. The number of rotatable bonds is 7. The first kappa shape index (κ1) is 16.0. The van der Waals surface area contributed by atoms with Crippen LogP contribution in [0.5, 0.6) is 0 Å². The van der Waals surface area contributed by atoms with Crippen LogP contribution in [0.3, 0.4) is 0 Å². The number of nitrogens with one attached hydrogen (secondary N) is 2. The van der Waals surface area contributed by atoms with Crippen LogP contribution in [0.4, 0.5) is 0 Å². The van der Waals surface area contributed by atoms with Crippen LogP contribution in [0, 0.1) is 5.92 Å². The minimum Gasteiger partial charge on any atom is -0.313 e. The van der Waals surface area contributed by atoms with Gasteiger partial charge in [0.05, 0.1) is 0 Å². The Balaban J connectivity index is 2.71. The Morgan fingerprint density at radius 3 is 2.68 bits per heavy atom. The smallest absolute Gasteiger partial charge is 0.313 e. The molecule has 0 aliphatic carbocycles. The molecule has 1 rings (SSSR count). The number of nitrogens with zero attached hydrogens (tertiary/aromatic N) is 2. The highest BCUT2D eigenvalue weighted by Crippen LogP contribution is 2.16. The van der Waals surface area contributed by atoms with Gasteiger partial charge in [-0.05, 0) is 18.9 Å². The van der Waals surface area contributed by atoms with E-state index in [1.165, 1.54) is 16.4 Å². The van der Waals surface area contributed by atoms with Gasteiger partial charge in [-0.2, -0.15) is 4.98 Å². The zero-order valence-electron chi connectivity index (χ0n) is 11.9. The van der Waals surface area contributed by atoms with Crippen LogP contribution in [0.15, 0.2) is 14.7 Å². The van der Waals surface area contributed by atoms with Crippen molar-refractivity contribution in [1.29, 1.82) is 0 Å². The van der Waals surface area contributed by atoms with Gasteiger partial charge in [0.25, 0.3) is 0 Å². The third-order valence-electron chi connectivity index (χ3n) is 2.80. The van der Waals surface area contributed by atoms with E-state index in [0.29, 0.717) is 17.1 Å². The van der Waals surface area contributed by atoms with Crippen LogP contribution in [0.2, 0.25) is 0 Å². The third kappa shape index (κ3) is 4.83. The Bertz CT molecular complexity index is 509. The first-order valence-corrected chi connectivity index (χ1v) is 7.47. The number of thioether (sulfide) groups is 1. The number of aromatic nitrogens is 3. The summed E-state index contributed by atoms with van der Waals surface area (Å²) in [6.07, 6.45) is 1.09. The molecule has 0 bridgehead atoms. The van der Waals surface area contributed by atoms with Crippen molar-refractivity contribution in [2.75, 3.05) is 12.3 Å². The molecule has 108 valence electrons. The summed E-state index contributed by atoms with van der Waals surface area (Å²) in [6.45, 7) is 7.42. The standard InChI is InChI=1S/C12H22N4O2S/c1-5-6-13-9(8(2)3)7-19-12-14-10(17)11(18)15-16(12)4/h8-9,13H,5-7H2,1-4H3,(H,15,18). The molecule has 19 heavy (non-hydrogen) atoms. The van der Waals surface area contributed by atoms with Gasteiger partial charge in [-0.1, -0.05) is 32.5 Å². The topological polar surface area (TPSA) is 79.8 Å². The van der Waals surface area contributed by atoms with Crippen LogP contribution >= 0.6 is 11.8 Å². The van der Waals surface area contributed by atoms with Gasteiger partial charge in [0.1, 0.15) is 0 Å². The normalized spacial score (nSPS) is 12.9. The molecule has 1 unspecified atom stereocenters. The van der Waals surface area contributed by atoms with E-state index < -0.39 is 11.1 Å². The molecule has 0 aliphatic heterocycles. The number of hydrogen-bond donors (Lipinski definition) is 2. The summed E-state index contributed by atoms with van der Waals surface area (Å²) in [6, 6.07) is 0.355. The molecule has 6 nitrogen and oxygen atoms in total. The van der Waals surface area contributed by atoms with Crippen molar-refractivity contribution >= 4 is 11.8 Å². The molecule has 0 radical (unpaired) electrons. The highest BCUT2D eigenvalue weighted by atomic mass is 32.2. The largest absolute Gasteiger partial charge is 0.339 e. The molecule has 0 aliphatic rings. The quantitative estimate of drug-likeness (QED) is 0.566. The third-order valence-corrected chi connectivity index (χ3v) is 3.95. The van der Waals surface area contributed by atoms with Gasteiger partial charge in [0.15, 0.2) is 5.16 Å². The van der Waals surface area contributed by atoms with Gasteiger partial charge in [0.2, 0.25) is 0 Å². The molecule has 1 aromatic heterocycles. The summed E-state index contributed by atoms with van der Waals surface area (Å²) < 4.78 is 1.49. The number of aryl methyl sites for hydroxylation is 1. The van der Waals surface area contributed by atoms with Crippen LogP contribution in [0.25, 0.3) is 0 Å². The van der Waals surface area contributed by atoms with Crippen molar-refractivity contribution in [2.45, 2.75) is 38.4 Å². The maximum atomic E-state index is 11.2. The van der Waals surface area contributed by atoms with Gasteiger partial charge in [-0.15, -0.1) is 0 Å². The molecule has 1 atom stereocenters. The van der Waals surface area contributed by atoms with E-state index in [4.69, 9.17) is 0 Å². The second kappa shape index (κ2) is 7.49. The maximum Gasteiger partial charge on any atom is 0.339 e. The van der Waals surface area contributed by atoms with E-state index in [9.17, 15) is 9.59 Å². The van der Waals surface area contributed by atoms with Gasteiger partial charge in [-0.25, -0.2) is 0 Å². The average molecular weight is 286 g/mol. The summed E-state index contributed by atoms with van der Waals surface area (Å²) in [7, 11) is 1.68. The maximum absolute atomic E-state index is 11.2.